The van der Waals surface area contributed by atoms with Crippen LogP contribution in [-0.2, 0) is 6.42 Å². The molecule has 1 fully saturated rings. The van der Waals surface area contributed by atoms with Crippen molar-refractivity contribution in [3.63, 3.8) is 0 Å². The summed E-state index contributed by atoms with van der Waals surface area (Å²) in [6.07, 6.45) is 6.24. The number of hydrogen-bond donors (Lipinski definition) is 0. The highest BCUT2D eigenvalue weighted by molar-refractivity contribution is 6.43. The van der Waals surface area contributed by atoms with Gasteiger partial charge in [-0.05, 0) is 32.0 Å². The van der Waals surface area contributed by atoms with E-state index in [0.29, 0.717) is 27.1 Å². The largest absolute Gasteiger partial charge is 0.485 e. The molecule has 0 saturated carbocycles. The highest BCUT2D eigenvalue weighted by Crippen LogP contribution is 2.41. The number of aryl methyl sites for hydroxylation is 1. The van der Waals surface area contributed by atoms with Gasteiger partial charge < -0.3 is 9.64 Å². The summed E-state index contributed by atoms with van der Waals surface area (Å²) in [6, 6.07) is 7.29. The van der Waals surface area contributed by atoms with Crippen molar-refractivity contribution in [1.29, 1.82) is 0 Å². The molecule has 1 saturated heterocycles. The third-order valence-electron chi connectivity index (χ3n) is 6.31. The summed E-state index contributed by atoms with van der Waals surface area (Å²) < 4.78 is 7.83. The lowest BCUT2D eigenvalue weighted by molar-refractivity contribution is 0.0663. The maximum Gasteiger partial charge on any atom is 0.263 e. The number of anilines is 1. The monoisotopic (exact) mass is 456 g/mol. The van der Waals surface area contributed by atoms with Gasteiger partial charge in [0.15, 0.2) is 0 Å². The molecule has 2 aromatic heterocycles. The molecular weight excluding hydrogens is 435 g/mol. The minimum absolute atomic E-state index is 0.137. The van der Waals surface area contributed by atoms with E-state index in [0.717, 1.165) is 43.9 Å². The van der Waals surface area contributed by atoms with E-state index in [9.17, 15) is 4.79 Å². The zero-order chi connectivity index (χ0) is 21.8. The zero-order valence-electron chi connectivity index (χ0n) is 17.4. The Morgan fingerprint density at radius 2 is 1.90 bits per heavy atom. The van der Waals surface area contributed by atoms with Gasteiger partial charge in [0.1, 0.15) is 23.0 Å². The van der Waals surface area contributed by atoms with Gasteiger partial charge in [0.2, 0.25) is 0 Å². The fourth-order valence-electron chi connectivity index (χ4n) is 4.62. The van der Waals surface area contributed by atoms with Crippen LogP contribution in [0.3, 0.4) is 0 Å². The molecule has 2 aliphatic heterocycles. The molecule has 0 amide bonds. The molecule has 31 heavy (non-hydrogen) atoms. The van der Waals surface area contributed by atoms with E-state index in [1.165, 1.54) is 10.1 Å². The summed E-state index contributed by atoms with van der Waals surface area (Å²) in [4.78, 5) is 24.4. The van der Waals surface area contributed by atoms with E-state index < -0.39 is 0 Å². The second kappa shape index (κ2) is 7.53. The van der Waals surface area contributed by atoms with Crippen LogP contribution in [0.5, 0.6) is 5.75 Å². The van der Waals surface area contributed by atoms with Gasteiger partial charge in [-0.3, -0.25) is 14.3 Å². The molecule has 0 N–H and O–H groups in total. The molecule has 0 unspecified atom stereocenters. The van der Waals surface area contributed by atoms with Crippen LogP contribution in [0, 0.1) is 13.8 Å². The molecule has 0 aliphatic carbocycles. The summed E-state index contributed by atoms with van der Waals surface area (Å²) in [5.74, 6) is 2.19. The zero-order valence-corrected chi connectivity index (χ0v) is 18.9. The van der Waals surface area contributed by atoms with Crippen LogP contribution in [0.15, 0.2) is 41.5 Å². The Hall–Kier alpha value is -2.57. The van der Waals surface area contributed by atoms with E-state index in [1.54, 1.807) is 24.4 Å². The number of nitrogens with zero attached hydrogens (tertiary/aromatic N) is 4. The lowest BCUT2D eigenvalue weighted by atomic mass is 9.87. The molecule has 0 bridgehead atoms. The number of fused-ring (bicyclic) bond motifs is 1. The standard InChI is InChI=1S/C23H22Cl2N4O2/c1-14-21(27-15(2)29(22(14)30)18-5-3-4-17(24)20(18)25)28-10-7-23(8-11-28)12-16-6-9-26-13-19(16)31-23/h3-6,9,13H,7-8,10-12H2,1-2H3. The lowest BCUT2D eigenvalue weighted by Crippen LogP contribution is -2.48. The fraction of sp³-hybridized carbons (Fsp3) is 0.348. The molecule has 2 aliphatic rings. The first-order chi connectivity index (χ1) is 14.9. The number of piperidine rings is 1. The predicted molar refractivity (Wildman–Crippen MR) is 122 cm³/mol. The first-order valence-corrected chi connectivity index (χ1v) is 11.1. The number of ether oxygens (including phenoxy) is 1. The molecular formula is C23H22Cl2N4O2. The van der Waals surface area contributed by atoms with E-state index in [1.807, 2.05) is 26.1 Å². The van der Waals surface area contributed by atoms with Gasteiger partial charge in [-0.1, -0.05) is 29.3 Å². The van der Waals surface area contributed by atoms with Gasteiger partial charge in [-0.15, -0.1) is 0 Å². The molecule has 160 valence electrons. The summed E-state index contributed by atoms with van der Waals surface area (Å²) in [5.41, 5.74) is 2.03. The number of rotatable bonds is 2. The van der Waals surface area contributed by atoms with E-state index >= 15 is 0 Å². The van der Waals surface area contributed by atoms with Gasteiger partial charge in [0.25, 0.3) is 5.56 Å². The molecule has 0 atom stereocenters. The summed E-state index contributed by atoms with van der Waals surface area (Å²) in [7, 11) is 0. The van der Waals surface area contributed by atoms with Crippen molar-refractivity contribution in [3.8, 4) is 11.4 Å². The third-order valence-corrected chi connectivity index (χ3v) is 7.12. The number of halogens is 2. The van der Waals surface area contributed by atoms with Gasteiger partial charge in [-0.25, -0.2) is 4.98 Å². The van der Waals surface area contributed by atoms with E-state index in [2.05, 4.69) is 9.88 Å². The number of hydrogen-bond acceptors (Lipinski definition) is 5. The van der Waals surface area contributed by atoms with Crippen molar-refractivity contribution in [2.24, 2.45) is 0 Å². The van der Waals surface area contributed by atoms with Crippen molar-refractivity contribution >= 4 is 29.0 Å². The summed E-state index contributed by atoms with van der Waals surface area (Å²) >= 11 is 12.5. The van der Waals surface area contributed by atoms with Gasteiger partial charge in [-0.2, -0.15) is 0 Å². The van der Waals surface area contributed by atoms with Crippen LogP contribution in [0.2, 0.25) is 10.0 Å². The molecule has 1 aromatic carbocycles. The fourth-order valence-corrected chi connectivity index (χ4v) is 5.00. The van der Waals surface area contributed by atoms with E-state index in [-0.39, 0.29) is 11.2 Å². The normalized spacial score (nSPS) is 17.0. The number of pyridine rings is 1. The van der Waals surface area contributed by atoms with Crippen LogP contribution in [-0.4, -0.2) is 33.2 Å². The van der Waals surface area contributed by atoms with Crippen molar-refractivity contribution in [2.75, 3.05) is 18.0 Å². The van der Waals surface area contributed by atoms with Crippen LogP contribution in [0.1, 0.15) is 29.8 Å². The Morgan fingerprint density at radius 1 is 1.13 bits per heavy atom. The summed E-state index contributed by atoms with van der Waals surface area (Å²) in [5, 5.41) is 0.747. The van der Waals surface area contributed by atoms with Crippen molar-refractivity contribution in [1.82, 2.24) is 14.5 Å². The average Bonchev–Trinajstić information content (AvgIpc) is 3.12. The number of benzene rings is 1. The second-order valence-electron chi connectivity index (χ2n) is 8.25. The third kappa shape index (κ3) is 3.38. The SMILES string of the molecule is Cc1c(N2CCC3(CC2)Cc2ccncc2O3)nc(C)n(-c2cccc(Cl)c2Cl)c1=O. The topological polar surface area (TPSA) is 60.2 Å². The van der Waals surface area contributed by atoms with Crippen LogP contribution in [0.4, 0.5) is 5.82 Å². The number of aromatic nitrogens is 3. The quantitative estimate of drug-likeness (QED) is 0.566. The van der Waals surface area contributed by atoms with Crippen LogP contribution >= 0.6 is 23.2 Å². The van der Waals surface area contributed by atoms with Gasteiger partial charge in [0.05, 0.1) is 27.5 Å². The average molecular weight is 457 g/mol. The Labute approximate surface area is 190 Å². The first kappa shape index (κ1) is 20.3. The molecule has 5 rings (SSSR count). The Morgan fingerprint density at radius 3 is 2.65 bits per heavy atom. The first-order valence-electron chi connectivity index (χ1n) is 10.3. The van der Waals surface area contributed by atoms with Crippen LogP contribution < -0.4 is 15.2 Å². The predicted octanol–water partition coefficient (Wildman–Crippen LogP) is 4.53. The highest BCUT2D eigenvalue weighted by Gasteiger charge is 2.42. The highest BCUT2D eigenvalue weighted by atomic mass is 35.5. The minimum atomic E-state index is -0.186. The van der Waals surface area contributed by atoms with Crippen molar-refractivity contribution in [3.05, 3.63) is 74.0 Å². The molecule has 3 aromatic rings. The lowest BCUT2D eigenvalue weighted by Gasteiger charge is -2.39. The maximum absolute atomic E-state index is 13.3. The molecule has 8 heteroatoms. The van der Waals surface area contributed by atoms with Crippen molar-refractivity contribution in [2.45, 2.75) is 38.7 Å². The smallest absolute Gasteiger partial charge is 0.263 e. The Kier molecular flexibility index (Phi) is 4.94. The van der Waals surface area contributed by atoms with E-state index in [4.69, 9.17) is 32.9 Å². The minimum Gasteiger partial charge on any atom is -0.485 e. The molecule has 6 nitrogen and oxygen atoms in total. The van der Waals surface area contributed by atoms with Gasteiger partial charge in [0, 0.05) is 44.1 Å². The summed E-state index contributed by atoms with van der Waals surface area (Å²) in [6.45, 7) is 5.18. The molecule has 0 radical (unpaired) electrons. The van der Waals surface area contributed by atoms with Gasteiger partial charge >= 0.3 is 0 Å². The van der Waals surface area contributed by atoms with Crippen LogP contribution in [0.25, 0.3) is 5.69 Å². The molecule has 1 spiro atoms. The van der Waals surface area contributed by atoms with Crippen molar-refractivity contribution < 1.29 is 4.74 Å². The Bertz CT molecular complexity index is 1210. The maximum atomic E-state index is 13.3. The molecule has 4 heterocycles. The second-order valence-corrected chi connectivity index (χ2v) is 9.04. The Balaban J connectivity index is 1.43.